The Morgan fingerprint density at radius 2 is 2.14 bits per heavy atom. The molecule has 78 valence electrons. The highest BCUT2D eigenvalue weighted by Gasteiger charge is 2.20. The summed E-state index contributed by atoms with van der Waals surface area (Å²) in [4.78, 5) is 4.44. The zero-order valence-corrected chi connectivity index (χ0v) is 8.70. The molecule has 0 radical (unpaired) electrons. The molecule has 1 aliphatic rings. The quantitative estimate of drug-likeness (QED) is 0.787. The van der Waals surface area contributed by atoms with Gasteiger partial charge >= 0.3 is 0 Å². The van der Waals surface area contributed by atoms with E-state index >= 15 is 0 Å². The summed E-state index contributed by atoms with van der Waals surface area (Å²) in [6.07, 6.45) is 8.12. The van der Waals surface area contributed by atoms with Crippen LogP contribution in [-0.2, 0) is 0 Å². The Kier molecular flexibility index (Phi) is 2.87. The van der Waals surface area contributed by atoms with Gasteiger partial charge in [0.25, 0.3) is 0 Å². The summed E-state index contributed by atoms with van der Waals surface area (Å²) in [6, 6.07) is -0.0175. The third-order valence-corrected chi connectivity index (χ3v) is 2.96. The van der Waals surface area contributed by atoms with Crippen LogP contribution in [0.4, 0.5) is 0 Å². The van der Waals surface area contributed by atoms with E-state index in [0.717, 1.165) is 11.6 Å². The average Bonchev–Trinajstić information content (AvgIpc) is 2.68. The van der Waals surface area contributed by atoms with E-state index in [0.29, 0.717) is 5.92 Å². The monoisotopic (exact) mass is 194 g/mol. The minimum absolute atomic E-state index is 0.0175. The fraction of sp³-hybridized carbons (Fsp3) is 0.727. The van der Waals surface area contributed by atoms with Crippen LogP contribution in [0.2, 0.25) is 0 Å². The molecule has 0 bridgehead atoms. The van der Waals surface area contributed by atoms with Crippen LogP contribution < -0.4 is 5.73 Å². The third-order valence-electron chi connectivity index (χ3n) is 2.96. The van der Waals surface area contributed by atoms with Gasteiger partial charge < -0.3 is 10.2 Å². The fourth-order valence-electron chi connectivity index (χ4n) is 2.05. The van der Waals surface area contributed by atoms with Crippen molar-refractivity contribution >= 4 is 0 Å². The van der Waals surface area contributed by atoms with E-state index in [-0.39, 0.29) is 6.04 Å². The lowest BCUT2D eigenvalue weighted by molar-refractivity contribution is 0.363. The van der Waals surface area contributed by atoms with Crippen molar-refractivity contribution in [3.8, 4) is 0 Å². The molecule has 1 unspecified atom stereocenters. The summed E-state index contributed by atoms with van der Waals surface area (Å²) in [7, 11) is 0. The second-order valence-electron chi connectivity index (χ2n) is 4.23. The highest BCUT2D eigenvalue weighted by atomic mass is 16.3. The minimum Gasteiger partial charge on any atom is -0.448 e. The lowest BCUT2D eigenvalue weighted by atomic mass is 9.89. The van der Waals surface area contributed by atoms with Crippen LogP contribution in [0.15, 0.2) is 10.7 Å². The van der Waals surface area contributed by atoms with Crippen LogP contribution in [0.5, 0.6) is 0 Å². The first-order valence-electron chi connectivity index (χ1n) is 5.48. The zero-order valence-electron chi connectivity index (χ0n) is 8.70. The van der Waals surface area contributed by atoms with Gasteiger partial charge in [0.1, 0.15) is 6.26 Å². The SMILES string of the molecule is CC(N)c1coc(C2CCCCC2)n1. The van der Waals surface area contributed by atoms with Gasteiger partial charge in [-0.1, -0.05) is 19.3 Å². The van der Waals surface area contributed by atoms with E-state index in [1.165, 1.54) is 32.1 Å². The molecule has 0 amide bonds. The van der Waals surface area contributed by atoms with Crippen molar-refractivity contribution < 1.29 is 4.42 Å². The fourth-order valence-corrected chi connectivity index (χ4v) is 2.05. The van der Waals surface area contributed by atoms with Crippen LogP contribution in [0.25, 0.3) is 0 Å². The van der Waals surface area contributed by atoms with Crippen molar-refractivity contribution in [1.82, 2.24) is 4.98 Å². The van der Waals surface area contributed by atoms with Crippen LogP contribution in [0.1, 0.15) is 62.6 Å². The standard InChI is InChI=1S/C11H18N2O/c1-8(12)10-7-14-11(13-10)9-5-3-2-4-6-9/h7-9H,2-6,12H2,1H3. The maximum atomic E-state index is 5.73. The molecule has 0 spiro atoms. The van der Waals surface area contributed by atoms with Crippen LogP contribution in [-0.4, -0.2) is 4.98 Å². The van der Waals surface area contributed by atoms with Crippen molar-refractivity contribution in [3.05, 3.63) is 17.8 Å². The molecule has 1 atom stereocenters. The largest absolute Gasteiger partial charge is 0.448 e. The van der Waals surface area contributed by atoms with E-state index in [1.54, 1.807) is 6.26 Å². The Labute approximate surface area is 84.7 Å². The number of oxazole rings is 1. The summed E-state index contributed by atoms with van der Waals surface area (Å²) in [6.45, 7) is 1.93. The second kappa shape index (κ2) is 4.13. The van der Waals surface area contributed by atoms with Crippen molar-refractivity contribution in [2.24, 2.45) is 5.73 Å². The zero-order chi connectivity index (χ0) is 9.97. The Morgan fingerprint density at radius 3 is 2.71 bits per heavy atom. The maximum Gasteiger partial charge on any atom is 0.197 e. The molecule has 3 heteroatoms. The van der Waals surface area contributed by atoms with Crippen molar-refractivity contribution in [1.29, 1.82) is 0 Å². The normalized spacial score (nSPS) is 21.0. The van der Waals surface area contributed by atoms with Gasteiger partial charge in [0.15, 0.2) is 5.89 Å². The van der Waals surface area contributed by atoms with Crippen molar-refractivity contribution in [2.45, 2.75) is 51.0 Å². The molecular weight excluding hydrogens is 176 g/mol. The van der Waals surface area contributed by atoms with E-state index in [2.05, 4.69) is 4.98 Å². The van der Waals surface area contributed by atoms with Gasteiger partial charge in [0, 0.05) is 12.0 Å². The van der Waals surface area contributed by atoms with E-state index in [9.17, 15) is 0 Å². The first kappa shape index (κ1) is 9.71. The molecule has 0 saturated heterocycles. The number of nitrogens with zero attached hydrogens (tertiary/aromatic N) is 1. The topological polar surface area (TPSA) is 52.0 Å². The predicted octanol–water partition coefficient (Wildman–Crippen LogP) is 2.74. The van der Waals surface area contributed by atoms with Gasteiger partial charge in [-0.3, -0.25) is 0 Å². The summed E-state index contributed by atoms with van der Waals surface area (Å²) < 4.78 is 5.47. The average molecular weight is 194 g/mol. The molecule has 1 heterocycles. The number of nitrogens with two attached hydrogens (primary N) is 1. The Balaban J connectivity index is 2.07. The molecule has 0 aliphatic heterocycles. The van der Waals surface area contributed by atoms with Gasteiger partial charge in [-0.05, 0) is 19.8 Å². The van der Waals surface area contributed by atoms with Crippen LogP contribution in [0, 0.1) is 0 Å². The van der Waals surface area contributed by atoms with Gasteiger partial charge in [-0.25, -0.2) is 4.98 Å². The molecule has 0 aromatic carbocycles. The molecule has 3 nitrogen and oxygen atoms in total. The molecule has 1 saturated carbocycles. The molecule has 14 heavy (non-hydrogen) atoms. The van der Waals surface area contributed by atoms with Gasteiger partial charge in [-0.2, -0.15) is 0 Å². The predicted molar refractivity (Wildman–Crippen MR) is 54.9 cm³/mol. The molecule has 2 N–H and O–H groups in total. The van der Waals surface area contributed by atoms with Gasteiger partial charge in [0.2, 0.25) is 0 Å². The smallest absolute Gasteiger partial charge is 0.197 e. The molecule has 1 aliphatic carbocycles. The lowest BCUT2D eigenvalue weighted by Gasteiger charge is -2.17. The first-order chi connectivity index (χ1) is 6.77. The minimum atomic E-state index is -0.0175. The van der Waals surface area contributed by atoms with Crippen molar-refractivity contribution in [2.75, 3.05) is 0 Å². The maximum absolute atomic E-state index is 5.73. The van der Waals surface area contributed by atoms with Crippen molar-refractivity contribution in [3.63, 3.8) is 0 Å². The highest BCUT2D eigenvalue weighted by Crippen LogP contribution is 2.32. The number of hydrogen-bond donors (Lipinski definition) is 1. The number of hydrogen-bond acceptors (Lipinski definition) is 3. The van der Waals surface area contributed by atoms with E-state index in [1.807, 2.05) is 6.92 Å². The summed E-state index contributed by atoms with van der Waals surface area (Å²) in [5, 5.41) is 0. The Morgan fingerprint density at radius 1 is 1.43 bits per heavy atom. The Bertz CT molecular complexity index is 287. The molecule has 2 rings (SSSR count). The van der Waals surface area contributed by atoms with E-state index in [4.69, 9.17) is 10.2 Å². The number of rotatable bonds is 2. The first-order valence-corrected chi connectivity index (χ1v) is 5.48. The molecule has 1 aromatic rings. The third kappa shape index (κ3) is 1.98. The van der Waals surface area contributed by atoms with E-state index < -0.39 is 0 Å². The molecule has 1 aromatic heterocycles. The lowest BCUT2D eigenvalue weighted by Crippen LogP contribution is -2.07. The summed E-state index contributed by atoms with van der Waals surface area (Å²) in [5.74, 6) is 1.44. The van der Waals surface area contributed by atoms with Crippen LogP contribution >= 0.6 is 0 Å². The summed E-state index contributed by atoms with van der Waals surface area (Å²) in [5.41, 5.74) is 6.61. The van der Waals surface area contributed by atoms with Gasteiger partial charge in [-0.15, -0.1) is 0 Å². The molecule has 1 fully saturated rings. The molecular formula is C11H18N2O. The second-order valence-corrected chi connectivity index (χ2v) is 4.23. The van der Waals surface area contributed by atoms with Gasteiger partial charge in [0.05, 0.1) is 5.69 Å². The summed E-state index contributed by atoms with van der Waals surface area (Å²) >= 11 is 0. The highest BCUT2D eigenvalue weighted by molar-refractivity contribution is 5.04. The number of aromatic nitrogens is 1. The Hall–Kier alpha value is -0.830. The van der Waals surface area contributed by atoms with Crippen LogP contribution in [0.3, 0.4) is 0 Å².